The lowest BCUT2D eigenvalue weighted by Crippen LogP contribution is -2.41. The highest BCUT2D eigenvalue weighted by Crippen LogP contribution is 2.28. The summed E-state index contributed by atoms with van der Waals surface area (Å²) < 4.78 is 55.1. The predicted octanol–water partition coefficient (Wildman–Crippen LogP) is 3.06. The molecular formula is C14H20F3NO3S. The van der Waals surface area contributed by atoms with Crippen molar-refractivity contribution in [1.82, 2.24) is 4.72 Å². The van der Waals surface area contributed by atoms with Crippen molar-refractivity contribution in [2.24, 2.45) is 0 Å². The third-order valence-corrected chi connectivity index (χ3v) is 4.33. The summed E-state index contributed by atoms with van der Waals surface area (Å²) in [4.78, 5) is 0. The molecular weight excluding hydrogens is 319 g/mol. The van der Waals surface area contributed by atoms with Crippen LogP contribution in [0.4, 0.5) is 13.2 Å². The Morgan fingerprint density at radius 2 is 1.95 bits per heavy atom. The molecule has 0 aromatic heterocycles. The standard InChI is InChI=1S/C14H20F3NO3S/c1-13(2,3)22(20)18-12(7-8-19)10-5-4-6-11(9-10)21-14(15,16)17/h4-6,9,12,18-19H,7-8H2,1-3H3/t12?,22-/m1/s1. The van der Waals surface area contributed by atoms with E-state index < -0.39 is 28.5 Å². The van der Waals surface area contributed by atoms with Crippen LogP contribution in [0.3, 0.4) is 0 Å². The third kappa shape index (κ3) is 6.43. The molecule has 8 heteroatoms. The van der Waals surface area contributed by atoms with Crippen molar-refractivity contribution in [1.29, 1.82) is 0 Å². The normalized spacial score (nSPS) is 15.5. The van der Waals surface area contributed by atoms with Crippen molar-refractivity contribution < 1.29 is 27.6 Å². The van der Waals surface area contributed by atoms with Crippen LogP contribution in [0.2, 0.25) is 0 Å². The Morgan fingerprint density at radius 1 is 1.32 bits per heavy atom. The van der Waals surface area contributed by atoms with Gasteiger partial charge in [0.15, 0.2) is 0 Å². The Labute approximate surface area is 131 Å². The van der Waals surface area contributed by atoms with Crippen LogP contribution in [0.15, 0.2) is 24.3 Å². The minimum Gasteiger partial charge on any atom is -0.598 e. The predicted molar refractivity (Wildman–Crippen MR) is 78.6 cm³/mol. The lowest BCUT2D eigenvalue weighted by Gasteiger charge is -2.28. The highest BCUT2D eigenvalue weighted by atomic mass is 32.2. The van der Waals surface area contributed by atoms with Gasteiger partial charge in [-0.3, -0.25) is 0 Å². The summed E-state index contributed by atoms with van der Waals surface area (Å²) in [5, 5.41) is 9.12. The summed E-state index contributed by atoms with van der Waals surface area (Å²) in [7, 11) is 0. The van der Waals surface area contributed by atoms with E-state index in [-0.39, 0.29) is 18.8 Å². The molecule has 0 saturated heterocycles. The maximum Gasteiger partial charge on any atom is 0.573 e. The van der Waals surface area contributed by atoms with E-state index >= 15 is 0 Å². The zero-order valence-corrected chi connectivity index (χ0v) is 13.4. The molecule has 1 unspecified atom stereocenters. The lowest BCUT2D eigenvalue weighted by atomic mass is 10.1. The van der Waals surface area contributed by atoms with Crippen LogP contribution in [0.5, 0.6) is 5.75 Å². The van der Waals surface area contributed by atoms with Gasteiger partial charge in [-0.25, -0.2) is 0 Å². The topological polar surface area (TPSA) is 64.5 Å². The molecule has 0 amide bonds. The average molecular weight is 339 g/mol. The summed E-state index contributed by atoms with van der Waals surface area (Å²) in [5.41, 5.74) is 0.466. The number of benzene rings is 1. The summed E-state index contributed by atoms with van der Waals surface area (Å²) >= 11 is -1.42. The van der Waals surface area contributed by atoms with Crippen LogP contribution in [0.25, 0.3) is 0 Å². The number of hydrogen-bond donors (Lipinski definition) is 2. The molecule has 0 radical (unpaired) electrons. The van der Waals surface area contributed by atoms with E-state index in [9.17, 15) is 17.7 Å². The van der Waals surface area contributed by atoms with Gasteiger partial charge in [0.1, 0.15) is 10.5 Å². The first-order chi connectivity index (χ1) is 10.0. The minimum absolute atomic E-state index is 0.191. The molecule has 0 aliphatic carbocycles. The summed E-state index contributed by atoms with van der Waals surface area (Å²) in [6.07, 6.45) is -4.55. The fraction of sp³-hybridized carbons (Fsp3) is 0.571. The van der Waals surface area contributed by atoms with Crippen molar-refractivity contribution in [3.8, 4) is 5.75 Å². The largest absolute Gasteiger partial charge is 0.598 e. The van der Waals surface area contributed by atoms with E-state index in [1.54, 1.807) is 26.8 Å². The zero-order valence-electron chi connectivity index (χ0n) is 12.6. The van der Waals surface area contributed by atoms with Crippen LogP contribution in [-0.4, -0.2) is 27.4 Å². The molecule has 0 heterocycles. The fourth-order valence-electron chi connectivity index (χ4n) is 1.66. The Morgan fingerprint density at radius 3 is 2.45 bits per heavy atom. The van der Waals surface area contributed by atoms with Gasteiger partial charge in [0, 0.05) is 18.0 Å². The molecule has 2 atom stereocenters. The van der Waals surface area contributed by atoms with Crippen LogP contribution in [0.1, 0.15) is 38.8 Å². The van der Waals surface area contributed by atoms with Gasteiger partial charge in [0.05, 0.1) is 6.04 Å². The average Bonchev–Trinajstić information content (AvgIpc) is 2.35. The maximum absolute atomic E-state index is 12.3. The third-order valence-electron chi connectivity index (χ3n) is 2.72. The Bertz CT molecular complexity index is 477. The molecule has 0 spiro atoms. The molecule has 0 bridgehead atoms. The second-order valence-electron chi connectivity index (χ2n) is 5.68. The Kier molecular flexibility index (Phi) is 6.54. The molecule has 1 rings (SSSR count). The van der Waals surface area contributed by atoms with Crippen LogP contribution in [0, 0.1) is 0 Å². The molecule has 0 aliphatic rings. The van der Waals surface area contributed by atoms with Gasteiger partial charge in [-0.2, -0.15) is 0 Å². The van der Waals surface area contributed by atoms with E-state index in [0.29, 0.717) is 5.56 Å². The van der Waals surface area contributed by atoms with E-state index in [4.69, 9.17) is 5.11 Å². The number of rotatable bonds is 6. The number of halogens is 3. The highest BCUT2D eigenvalue weighted by Gasteiger charge is 2.32. The SMILES string of the molecule is CC(C)(C)[S@@+]([O-])NC(CCO)c1cccc(OC(F)(F)F)c1. The van der Waals surface area contributed by atoms with Gasteiger partial charge in [-0.15, -0.1) is 17.9 Å². The number of aliphatic hydroxyl groups excluding tert-OH is 1. The molecule has 0 fully saturated rings. The van der Waals surface area contributed by atoms with Gasteiger partial charge in [-0.1, -0.05) is 12.1 Å². The van der Waals surface area contributed by atoms with Crippen molar-refractivity contribution in [3.63, 3.8) is 0 Å². The smallest absolute Gasteiger partial charge is 0.573 e. The fourth-order valence-corrected chi connectivity index (χ4v) is 2.52. The number of ether oxygens (including phenoxy) is 1. The van der Waals surface area contributed by atoms with Crippen molar-refractivity contribution >= 4 is 11.4 Å². The number of aliphatic hydroxyl groups is 1. The van der Waals surface area contributed by atoms with Crippen LogP contribution >= 0.6 is 0 Å². The minimum atomic E-state index is -4.77. The molecule has 4 nitrogen and oxygen atoms in total. The maximum atomic E-state index is 12.3. The first kappa shape index (κ1) is 19.1. The summed E-state index contributed by atoms with van der Waals surface area (Å²) in [6, 6.07) is 4.88. The molecule has 126 valence electrons. The van der Waals surface area contributed by atoms with E-state index in [1.165, 1.54) is 18.2 Å². The van der Waals surface area contributed by atoms with Gasteiger partial charge in [0.2, 0.25) is 0 Å². The lowest BCUT2D eigenvalue weighted by molar-refractivity contribution is -0.274. The van der Waals surface area contributed by atoms with Gasteiger partial charge >= 0.3 is 6.36 Å². The van der Waals surface area contributed by atoms with E-state index in [1.807, 2.05) is 0 Å². The first-order valence-corrected chi connectivity index (χ1v) is 7.82. The van der Waals surface area contributed by atoms with Crippen molar-refractivity contribution in [2.75, 3.05) is 6.61 Å². The molecule has 0 aliphatic heterocycles. The molecule has 1 aromatic rings. The van der Waals surface area contributed by atoms with E-state index in [2.05, 4.69) is 9.46 Å². The zero-order chi connectivity index (χ0) is 17.0. The first-order valence-electron chi connectivity index (χ1n) is 6.67. The number of nitrogens with one attached hydrogen (secondary N) is 1. The van der Waals surface area contributed by atoms with Crippen molar-refractivity contribution in [2.45, 2.75) is 44.3 Å². The molecule has 2 N–H and O–H groups in total. The highest BCUT2D eigenvalue weighted by molar-refractivity contribution is 7.90. The number of alkyl halides is 3. The molecule has 0 saturated carbocycles. The quantitative estimate of drug-likeness (QED) is 0.782. The molecule has 1 aromatic carbocycles. The van der Waals surface area contributed by atoms with Crippen LogP contribution < -0.4 is 9.46 Å². The Balaban J connectivity index is 2.94. The van der Waals surface area contributed by atoms with Crippen molar-refractivity contribution in [3.05, 3.63) is 29.8 Å². The Hall–Kier alpha value is -0.960. The molecule has 22 heavy (non-hydrogen) atoms. The monoisotopic (exact) mass is 339 g/mol. The van der Waals surface area contributed by atoms with Gasteiger partial charge < -0.3 is 14.4 Å². The summed E-state index contributed by atoms with van der Waals surface area (Å²) in [6.45, 7) is 5.13. The van der Waals surface area contributed by atoms with E-state index in [0.717, 1.165) is 0 Å². The van der Waals surface area contributed by atoms with Crippen LogP contribution in [-0.2, 0) is 11.4 Å². The number of hydrogen-bond acceptors (Lipinski definition) is 4. The van der Waals surface area contributed by atoms with Gasteiger partial charge in [0.25, 0.3) is 0 Å². The second-order valence-corrected chi connectivity index (χ2v) is 7.68. The summed E-state index contributed by atoms with van der Waals surface area (Å²) in [5.74, 6) is -0.351. The van der Waals surface area contributed by atoms with Gasteiger partial charge in [-0.05, 0) is 44.9 Å². The second kappa shape index (κ2) is 7.54.